The van der Waals surface area contributed by atoms with Crippen LogP contribution >= 0.6 is 12.4 Å². The number of amides is 1. The molecule has 102 valence electrons. The first-order chi connectivity index (χ1) is 7.38. The molecule has 0 aromatic heterocycles. The smallest absolute Gasteiger partial charge is 0.362 e. The molecule has 1 aliphatic rings. The number of ether oxygens (including phenoxy) is 1. The first-order valence-corrected chi connectivity index (χ1v) is 5.06. The largest absolute Gasteiger partial charge is 0.411 e. The molecule has 0 aromatic rings. The highest BCUT2D eigenvalue weighted by Crippen LogP contribution is 2.14. The van der Waals surface area contributed by atoms with Crippen LogP contribution in [0.3, 0.4) is 0 Å². The Morgan fingerprint density at radius 3 is 2.35 bits per heavy atom. The molecule has 1 amide bonds. The van der Waals surface area contributed by atoms with Crippen LogP contribution in [0.5, 0.6) is 0 Å². The van der Waals surface area contributed by atoms with Crippen LogP contribution in [0.25, 0.3) is 0 Å². The van der Waals surface area contributed by atoms with Crippen LogP contribution in [0.15, 0.2) is 0 Å². The van der Waals surface area contributed by atoms with E-state index in [4.69, 9.17) is 5.73 Å². The van der Waals surface area contributed by atoms with Gasteiger partial charge < -0.3 is 15.4 Å². The average molecular weight is 277 g/mol. The molecule has 0 radical (unpaired) electrons. The number of rotatable bonds is 3. The molecule has 0 spiro atoms. The summed E-state index contributed by atoms with van der Waals surface area (Å²) in [7, 11) is 0. The Hall–Kier alpha value is -0.530. The van der Waals surface area contributed by atoms with Crippen LogP contribution in [0.4, 0.5) is 13.2 Å². The normalized spacial score (nSPS) is 17.8. The third-order valence-corrected chi connectivity index (χ3v) is 2.38. The molecular formula is C9H16ClF3N2O2. The summed E-state index contributed by atoms with van der Waals surface area (Å²) in [5.41, 5.74) is 5.64. The molecule has 8 heteroatoms. The van der Waals surface area contributed by atoms with Gasteiger partial charge in [-0.2, -0.15) is 13.2 Å². The van der Waals surface area contributed by atoms with Crippen LogP contribution in [0, 0.1) is 0 Å². The van der Waals surface area contributed by atoms with E-state index in [0.717, 1.165) is 0 Å². The SMILES string of the molecule is Cl.NC1CCN(C(=O)COCC(F)(F)F)CC1. The summed E-state index contributed by atoms with van der Waals surface area (Å²) in [5.74, 6) is -0.406. The van der Waals surface area contributed by atoms with E-state index >= 15 is 0 Å². The van der Waals surface area contributed by atoms with Crippen molar-refractivity contribution in [3.63, 3.8) is 0 Å². The Balaban J connectivity index is 0.00000256. The van der Waals surface area contributed by atoms with Gasteiger partial charge in [0.1, 0.15) is 13.2 Å². The molecule has 0 saturated carbocycles. The molecule has 0 aliphatic carbocycles. The van der Waals surface area contributed by atoms with Gasteiger partial charge in [0.15, 0.2) is 0 Å². The first kappa shape index (κ1) is 16.5. The molecule has 17 heavy (non-hydrogen) atoms. The minimum atomic E-state index is -4.38. The van der Waals surface area contributed by atoms with Crippen molar-refractivity contribution < 1.29 is 22.7 Å². The minimum Gasteiger partial charge on any atom is -0.362 e. The van der Waals surface area contributed by atoms with Gasteiger partial charge >= 0.3 is 6.18 Å². The van der Waals surface area contributed by atoms with Crippen molar-refractivity contribution in [2.24, 2.45) is 5.73 Å². The van der Waals surface area contributed by atoms with Gasteiger partial charge in [-0.25, -0.2) is 0 Å². The van der Waals surface area contributed by atoms with Gasteiger partial charge in [-0.3, -0.25) is 4.79 Å². The van der Waals surface area contributed by atoms with E-state index in [0.29, 0.717) is 25.9 Å². The third-order valence-electron chi connectivity index (χ3n) is 2.38. The van der Waals surface area contributed by atoms with E-state index in [1.54, 1.807) is 0 Å². The Bertz CT molecular complexity index is 243. The Labute approximate surface area is 104 Å². The number of alkyl halides is 3. The van der Waals surface area contributed by atoms with Crippen molar-refractivity contribution >= 4 is 18.3 Å². The first-order valence-electron chi connectivity index (χ1n) is 5.06. The fraction of sp³-hybridized carbons (Fsp3) is 0.889. The summed E-state index contributed by atoms with van der Waals surface area (Å²) in [5, 5.41) is 0. The monoisotopic (exact) mass is 276 g/mol. The second-order valence-electron chi connectivity index (χ2n) is 3.83. The van der Waals surface area contributed by atoms with Gasteiger partial charge in [0.05, 0.1) is 0 Å². The molecule has 4 nitrogen and oxygen atoms in total. The van der Waals surface area contributed by atoms with E-state index in [9.17, 15) is 18.0 Å². The van der Waals surface area contributed by atoms with Crippen molar-refractivity contribution in [3.8, 4) is 0 Å². The zero-order chi connectivity index (χ0) is 12.2. The van der Waals surface area contributed by atoms with Gasteiger partial charge in [0, 0.05) is 19.1 Å². The average Bonchev–Trinajstić information content (AvgIpc) is 2.16. The molecule has 2 N–H and O–H groups in total. The van der Waals surface area contributed by atoms with E-state index in [-0.39, 0.29) is 18.4 Å². The summed E-state index contributed by atoms with van der Waals surface area (Å²) < 4.78 is 39.5. The summed E-state index contributed by atoms with van der Waals surface area (Å²) in [6.45, 7) is -0.911. The van der Waals surface area contributed by atoms with Gasteiger partial charge in [0.25, 0.3) is 0 Å². The number of carbonyl (C=O) groups is 1. The number of likely N-dealkylation sites (tertiary alicyclic amines) is 1. The summed E-state index contributed by atoms with van der Waals surface area (Å²) in [6.07, 6.45) is -3.01. The topological polar surface area (TPSA) is 55.6 Å². The number of nitrogens with zero attached hydrogens (tertiary/aromatic N) is 1. The molecule has 1 heterocycles. The van der Waals surface area contributed by atoms with Crippen LogP contribution in [0.2, 0.25) is 0 Å². The molecule has 1 aliphatic heterocycles. The summed E-state index contributed by atoms with van der Waals surface area (Å²) in [6, 6.07) is 0.0835. The number of piperidine rings is 1. The van der Waals surface area contributed by atoms with Gasteiger partial charge in [0.2, 0.25) is 5.91 Å². The van der Waals surface area contributed by atoms with Gasteiger partial charge in [-0.1, -0.05) is 0 Å². The molecule has 1 rings (SSSR count). The highest BCUT2D eigenvalue weighted by molar-refractivity contribution is 5.85. The lowest BCUT2D eigenvalue weighted by molar-refractivity contribution is -0.178. The second-order valence-corrected chi connectivity index (χ2v) is 3.83. The number of halogens is 4. The summed E-state index contributed by atoms with van der Waals surface area (Å²) >= 11 is 0. The Morgan fingerprint density at radius 1 is 1.35 bits per heavy atom. The standard InChI is InChI=1S/C9H15F3N2O2.ClH/c10-9(11,12)6-16-5-8(15)14-3-1-7(13)2-4-14;/h7H,1-6,13H2;1H. The maximum Gasteiger partial charge on any atom is 0.411 e. The maximum atomic E-state index is 11.7. The lowest BCUT2D eigenvalue weighted by Crippen LogP contribution is -2.44. The zero-order valence-electron chi connectivity index (χ0n) is 9.20. The van der Waals surface area contributed by atoms with Crippen LogP contribution in [0.1, 0.15) is 12.8 Å². The minimum absolute atomic E-state index is 0. The molecule has 0 bridgehead atoms. The van der Waals surface area contributed by atoms with Crippen LogP contribution in [-0.2, 0) is 9.53 Å². The highest BCUT2D eigenvalue weighted by atomic mass is 35.5. The van der Waals surface area contributed by atoms with E-state index < -0.39 is 25.3 Å². The lowest BCUT2D eigenvalue weighted by Gasteiger charge is -2.30. The highest BCUT2D eigenvalue weighted by Gasteiger charge is 2.28. The maximum absolute atomic E-state index is 11.7. The lowest BCUT2D eigenvalue weighted by atomic mass is 10.1. The van der Waals surface area contributed by atoms with Gasteiger partial charge in [-0.15, -0.1) is 12.4 Å². The predicted molar refractivity (Wildman–Crippen MR) is 57.9 cm³/mol. The zero-order valence-corrected chi connectivity index (χ0v) is 10.0. The molecule has 0 unspecified atom stereocenters. The molecule has 1 fully saturated rings. The van der Waals surface area contributed by atoms with Crippen LogP contribution in [-0.4, -0.2) is 49.3 Å². The van der Waals surface area contributed by atoms with Crippen LogP contribution < -0.4 is 5.73 Å². The predicted octanol–water partition coefficient (Wildman–Crippen LogP) is 0.937. The fourth-order valence-electron chi connectivity index (χ4n) is 1.49. The number of hydrogen-bond acceptors (Lipinski definition) is 3. The molecule has 1 saturated heterocycles. The van der Waals surface area contributed by atoms with Crippen molar-refractivity contribution in [1.29, 1.82) is 0 Å². The van der Waals surface area contributed by atoms with Crippen molar-refractivity contribution in [2.75, 3.05) is 26.3 Å². The molecular weight excluding hydrogens is 261 g/mol. The molecule has 0 atom stereocenters. The van der Waals surface area contributed by atoms with E-state index in [1.807, 2.05) is 0 Å². The van der Waals surface area contributed by atoms with Crippen molar-refractivity contribution in [3.05, 3.63) is 0 Å². The van der Waals surface area contributed by atoms with Gasteiger partial charge in [-0.05, 0) is 12.8 Å². The Kier molecular flexibility index (Phi) is 6.81. The second kappa shape index (κ2) is 7.03. The van der Waals surface area contributed by atoms with Crippen molar-refractivity contribution in [1.82, 2.24) is 4.90 Å². The number of carbonyl (C=O) groups excluding carboxylic acids is 1. The molecule has 0 aromatic carbocycles. The van der Waals surface area contributed by atoms with E-state index in [2.05, 4.69) is 4.74 Å². The third kappa shape index (κ3) is 6.70. The van der Waals surface area contributed by atoms with E-state index in [1.165, 1.54) is 4.90 Å². The summed E-state index contributed by atoms with van der Waals surface area (Å²) in [4.78, 5) is 12.9. The number of nitrogens with two attached hydrogens (primary N) is 1. The fourth-order valence-corrected chi connectivity index (χ4v) is 1.49. The number of hydrogen-bond donors (Lipinski definition) is 1. The Morgan fingerprint density at radius 2 is 1.88 bits per heavy atom. The van der Waals surface area contributed by atoms with Crippen molar-refractivity contribution in [2.45, 2.75) is 25.1 Å². The quantitative estimate of drug-likeness (QED) is 0.835.